The minimum absolute atomic E-state index is 0.0669. The maximum atomic E-state index is 12.0. The van der Waals surface area contributed by atoms with Crippen LogP contribution in [0.2, 0.25) is 0 Å². The third-order valence-corrected chi connectivity index (χ3v) is 3.67. The Morgan fingerprint density at radius 2 is 1.54 bits per heavy atom. The molecule has 0 aromatic rings. The van der Waals surface area contributed by atoms with Gasteiger partial charge >= 0.3 is 5.97 Å². The molecule has 0 saturated heterocycles. The molecule has 0 rings (SSSR count). The Balaban J connectivity index is 4.62. The van der Waals surface area contributed by atoms with Crippen LogP contribution in [0, 0.1) is 11.8 Å². The molecule has 3 atom stereocenters. The summed E-state index contributed by atoms with van der Waals surface area (Å²) >= 11 is 0. The van der Waals surface area contributed by atoms with E-state index in [2.05, 4.69) is 16.0 Å². The maximum absolute atomic E-state index is 12.0. The Labute approximate surface area is 141 Å². The van der Waals surface area contributed by atoms with Crippen molar-refractivity contribution >= 4 is 23.7 Å². The molecule has 6 N–H and O–H groups in total. The van der Waals surface area contributed by atoms with Crippen molar-refractivity contribution < 1.29 is 24.3 Å². The normalized spacial score (nSPS) is 14.4. The number of hydrogen-bond donors (Lipinski definition) is 5. The predicted molar refractivity (Wildman–Crippen MR) is 87.9 cm³/mol. The van der Waals surface area contributed by atoms with Crippen LogP contribution in [0.3, 0.4) is 0 Å². The summed E-state index contributed by atoms with van der Waals surface area (Å²) in [4.78, 5) is 46.2. The zero-order chi connectivity index (χ0) is 18.9. The van der Waals surface area contributed by atoms with Gasteiger partial charge in [-0.25, -0.2) is 0 Å². The molecule has 24 heavy (non-hydrogen) atoms. The first-order valence-electron chi connectivity index (χ1n) is 7.92. The highest BCUT2D eigenvalue weighted by molar-refractivity contribution is 5.92. The Bertz CT molecular complexity index is 467. The van der Waals surface area contributed by atoms with Crippen molar-refractivity contribution in [3.63, 3.8) is 0 Å². The Kier molecular flexibility index (Phi) is 9.63. The summed E-state index contributed by atoms with van der Waals surface area (Å²) in [5.74, 6) is -3.01. The van der Waals surface area contributed by atoms with Crippen molar-refractivity contribution in [2.75, 3.05) is 13.1 Å². The first-order chi connectivity index (χ1) is 11.1. The van der Waals surface area contributed by atoms with Gasteiger partial charge in [0.05, 0.1) is 12.6 Å². The van der Waals surface area contributed by atoms with Crippen LogP contribution in [0.1, 0.15) is 34.1 Å². The van der Waals surface area contributed by atoms with Crippen LogP contribution < -0.4 is 21.7 Å². The number of carboxylic acids is 1. The second kappa shape index (κ2) is 10.6. The monoisotopic (exact) mass is 344 g/mol. The van der Waals surface area contributed by atoms with Crippen LogP contribution in [0.25, 0.3) is 0 Å². The molecule has 0 heterocycles. The molecule has 0 aromatic carbocycles. The summed E-state index contributed by atoms with van der Waals surface area (Å²) in [6.07, 6.45) is 0.607. The van der Waals surface area contributed by atoms with Gasteiger partial charge in [-0.3, -0.25) is 19.2 Å². The third kappa shape index (κ3) is 7.91. The number of carbonyl (C=O) groups is 4. The lowest BCUT2D eigenvalue weighted by Gasteiger charge is -2.23. The number of carbonyl (C=O) groups excluding carboxylic acids is 3. The van der Waals surface area contributed by atoms with Crippen molar-refractivity contribution in [2.45, 2.75) is 46.2 Å². The quantitative estimate of drug-likeness (QED) is 0.336. The van der Waals surface area contributed by atoms with Crippen LogP contribution in [-0.4, -0.2) is 54.0 Å². The van der Waals surface area contributed by atoms with E-state index >= 15 is 0 Å². The SMILES string of the molecule is CCC(C)C(NC(=O)CNC(=O)C(N)C(C)C)C(=O)NCC(=O)O. The molecule has 0 aliphatic rings. The lowest BCUT2D eigenvalue weighted by Crippen LogP contribution is -2.54. The highest BCUT2D eigenvalue weighted by Crippen LogP contribution is 2.07. The van der Waals surface area contributed by atoms with Gasteiger partial charge in [-0.1, -0.05) is 34.1 Å². The molecule has 0 aliphatic carbocycles. The number of aliphatic carboxylic acids is 1. The standard InChI is InChI=1S/C15H28N4O5/c1-5-9(4)13(15(24)18-7-11(21)22)19-10(20)6-17-14(23)12(16)8(2)3/h8-9,12-13H,5-7,16H2,1-4H3,(H,17,23)(H,18,24)(H,19,20)(H,21,22). The summed E-state index contributed by atoms with van der Waals surface area (Å²) < 4.78 is 0. The fourth-order valence-electron chi connectivity index (χ4n) is 1.79. The van der Waals surface area contributed by atoms with Gasteiger partial charge in [0.2, 0.25) is 17.7 Å². The van der Waals surface area contributed by atoms with E-state index in [-0.39, 0.29) is 18.4 Å². The summed E-state index contributed by atoms with van der Waals surface area (Å²) in [5, 5.41) is 15.8. The average Bonchev–Trinajstić information content (AvgIpc) is 2.53. The fraction of sp³-hybridized carbons (Fsp3) is 0.733. The minimum Gasteiger partial charge on any atom is -0.480 e. The predicted octanol–water partition coefficient (Wildman–Crippen LogP) is -1.18. The molecular formula is C15H28N4O5. The van der Waals surface area contributed by atoms with Gasteiger partial charge in [0.25, 0.3) is 0 Å². The molecule has 0 bridgehead atoms. The van der Waals surface area contributed by atoms with E-state index < -0.39 is 42.3 Å². The zero-order valence-corrected chi connectivity index (χ0v) is 14.6. The van der Waals surface area contributed by atoms with Gasteiger partial charge in [-0.2, -0.15) is 0 Å². The topological polar surface area (TPSA) is 151 Å². The average molecular weight is 344 g/mol. The second-order valence-electron chi connectivity index (χ2n) is 6.03. The molecule has 3 amide bonds. The summed E-state index contributed by atoms with van der Waals surface area (Å²) in [6, 6.07) is -1.60. The van der Waals surface area contributed by atoms with Crippen molar-refractivity contribution in [3.05, 3.63) is 0 Å². The third-order valence-electron chi connectivity index (χ3n) is 3.67. The van der Waals surface area contributed by atoms with E-state index in [1.165, 1.54) is 0 Å². The van der Waals surface area contributed by atoms with Crippen LogP contribution in [0.15, 0.2) is 0 Å². The Hall–Kier alpha value is -2.16. The largest absolute Gasteiger partial charge is 0.480 e. The van der Waals surface area contributed by atoms with E-state index in [9.17, 15) is 19.2 Å². The molecule has 138 valence electrons. The van der Waals surface area contributed by atoms with E-state index in [4.69, 9.17) is 10.8 Å². The Morgan fingerprint density at radius 3 is 2.00 bits per heavy atom. The molecule has 9 nitrogen and oxygen atoms in total. The first-order valence-corrected chi connectivity index (χ1v) is 7.92. The molecule has 0 fully saturated rings. The van der Waals surface area contributed by atoms with Crippen molar-refractivity contribution in [1.82, 2.24) is 16.0 Å². The summed E-state index contributed by atoms with van der Waals surface area (Å²) in [6.45, 7) is 6.35. The number of hydrogen-bond acceptors (Lipinski definition) is 5. The van der Waals surface area contributed by atoms with Gasteiger partial charge in [-0.15, -0.1) is 0 Å². The summed E-state index contributed by atoms with van der Waals surface area (Å²) in [7, 11) is 0. The van der Waals surface area contributed by atoms with Gasteiger partial charge in [-0.05, 0) is 11.8 Å². The van der Waals surface area contributed by atoms with Crippen LogP contribution in [0.4, 0.5) is 0 Å². The molecular weight excluding hydrogens is 316 g/mol. The second-order valence-corrected chi connectivity index (χ2v) is 6.03. The van der Waals surface area contributed by atoms with Crippen LogP contribution >= 0.6 is 0 Å². The molecule has 0 aromatic heterocycles. The highest BCUT2D eigenvalue weighted by Gasteiger charge is 2.26. The number of carboxylic acid groups (broad SMARTS) is 1. The molecule has 0 aliphatic heterocycles. The van der Waals surface area contributed by atoms with E-state index in [1.807, 2.05) is 6.92 Å². The van der Waals surface area contributed by atoms with Gasteiger partial charge < -0.3 is 26.8 Å². The molecule has 0 radical (unpaired) electrons. The van der Waals surface area contributed by atoms with Crippen molar-refractivity contribution in [1.29, 1.82) is 0 Å². The van der Waals surface area contributed by atoms with Gasteiger partial charge in [0.1, 0.15) is 12.6 Å². The lowest BCUT2D eigenvalue weighted by molar-refractivity contribution is -0.138. The number of nitrogens with two attached hydrogens (primary N) is 1. The van der Waals surface area contributed by atoms with E-state index in [1.54, 1.807) is 20.8 Å². The zero-order valence-electron chi connectivity index (χ0n) is 14.6. The number of rotatable bonds is 10. The van der Waals surface area contributed by atoms with Crippen LogP contribution in [0.5, 0.6) is 0 Å². The maximum Gasteiger partial charge on any atom is 0.322 e. The van der Waals surface area contributed by atoms with Crippen LogP contribution in [-0.2, 0) is 19.2 Å². The smallest absolute Gasteiger partial charge is 0.322 e. The summed E-state index contributed by atoms with van der Waals surface area (Å²) in [5.41, 5.74) is 5.67. The molecule has 0 spiro atoms. The fourth-order valence-corrected chi connectivity index (χ4v) is 1.79. The van der Waals surface area contributed by atoms with E-state index in [0.717, 1.165) is 0 Å². The van der Waals surface area contributed by atoms with Gasteiger partial charge in [0, 0.05) is 0 Å². The van der Waals surface area contributed by atoms with E-state index in [0.29, 0.717) is 6.42 Å². The molecule has 0 saturated carbocycles. The van der Waals surface area contributed by atoms with Crippen molar-refractivity contribution in [2.24, 2.45) is 17.6 Å². The van der Waals surface area contributed by atoms with Gasteiger partial charge in [0.15, 0.2) is 0 Å². The highest BCUT2D eigenvalue weighted by atomic mass is 16.4. The number of nitrogens with one attached hydrogen (secondary N) is 3. The minimum atomic E-state index is -1.17. The molecule has 9 heteroatoms. The lowest BCUT2D eigenvalue weighted by atomic mass is 9.98. The molecule has 3 unspecified atom stereocenters. The van der Waals surface area contributed by atoms with Crippen molar-refractivity contribution in [3.8, 4) is 0 Å². The number of amides is 3. The Morgan fingerprint density at radius 1 is 1.00 bits per heavy atom. The first kappa shape index (κ1) is 21.8.